The molecule has 5 N–H and O–H groups in total. The molecule has 2 rings (SSSR count). The highest BCUT2D eigenvalue weighted by Gasteiger charge is 2.43. The minimum atomic E-state index is -1.51. The van der Waals surface area contributed by atoms with E-state index < -0.39 is 30.6 Å². The molecule has 2 heterocycles. The van der Waals surface area contributed by atoms with Gasteiger partial charge in [0.05, 0.1) is 0 Å². The summed E-state index contributed by atoms with van der Waals surface area (Å²) in [6, 6.07) is 0. The molecule has 88 valence electrons. The van der Waals surface area contributed by atoms with Gasteiger partial charge in [-0.1, -0.05) is 0 Å². The summed E-state index contributed by atoms with van der Waals surface area (Å²) in [6.07, 6.45) is -4.31. The minimum absolute atomic E-state index is 0.244. The summed E-state index contributed by atoms with van der Waals surface area (Å²) in [6.45, 7) is 0. The van der Waals surface area contributed by atoms with Gasteiger partial charge in [-0.05, 0) is 0 Å². The number of aromatic nitrogens is 3. The second kappa shape index (κ2) is 3.79. The molecule has 0 spiro atoms. The number of carbonyl (C=O) groups excluding carboxylic acids is 1. The van der Waals surface area contributed by atoms with Gasteiger partial charge in [0.15, 0.2) is 12.5 Å². The Morgan fingerprint density at radius 1 is 1.44 bits per heavy atom. The van der Waals surface area contributed by atoms with Crippen LogP contribution in [0.2, 0.25) is 0 Å². The molecule has 1 aliphatic rings. The third-order valence-corrected chi connectivity index (χ3v) is 2.20. The lowest BCUT2D eigenvalue weighted by Crippen LogP contribution is -2.31. The highest BCUT2D eigenvalue weighted by Crippen LogP contribution is 2.26. The molecule has 0 aromatic carbocycles. The number of carbonyl (C=O) groups is 1. The van der Waals surface area contributed by atoms with Crippen LogP contribution < -0.4 is 5.73 Å². The molecule has 2 unspecified atom stereocenters. The Labute approximate surface area is 89.1 Å². The van der Waals surface area contributed by atoms with E-state index in [1.807, 2.05) is 0 Å². The fourth-order valence-electron chi connectivity index (χ4n) is 1.37. The second-order valence-electron chi connectivity index (χ2n) is 3.31. The summed E-state index contributed by atoms with van der Waals surface area (Å²) in [5, 5.41) is 31.5. The first-order valence-corrected chi connectivity index (χ1v) is 4.41. The van der Waals surface area contributed by atoms with Crippen molar-refractivity contribution in [2.75, 3.05) is 0 Å². The molecular weight excluding hydrogens is 220 g/mol. The van der Waals surface area contributed by atoms with Crippen LogP contribution in [-0.2, 0) is 4.74 Å². The summed E-state index contributed by atoms with van der Waals surface area (Å²) < 4.78 is 5.83. The third kappa shape index (κ3) is 1.65. The molecule has 1 amide bonds. The van der Waals surface area contributed by atoms with Crippen LogP contribution in [0.4, 0.5) is 0 Å². The average Bonchev–Trinajstić information content (AvgIpc) is 2.79. The number of nitrogens with two attached hydrogens (primary N) is 1. The average molecular weight is 230 g/mol. The molecule has 0 bridgehead atoms. The van der Waals surface area contributed by atoms with Crippen LogP contribution in [0.25, 0.3) is 0 Å². The number of aliphatic hydroxyl groups excluding tert-OH is 3. The maximum atomic E-state index is 10.7. The van der Waals surface area contributed by atoms with Gasteiger partial charge in [0, 0.05) is 0 Å². The molecule has 16 heavy (non-hydrogen) atoms. The number of hydrogen-bond donors (Lipinski definition) is 4. The Bertz CT molecular complexity index is 407. The van der Waals surface area contributed by atoms with Crippen molar-refractivity contribution < 1.29 is 24.9 Å². The zero-order valence-electron chi connectivity index (χ0n) is 7.96. The Hall–Kier alpha value is -1.55. The number of rotatable bonds is 2. The molecule has 0 saturated carbocycles. The van der Waals surface area contributed by atoms with Crippen LogP contribution in [0.1, 0.15) is 16.8 Å². The predicted octanol–water partition coefficient (Wildman–Crippen LogP) is -3.05. The molecule has 9 nitrogen and oxygen atoms in total. The van der Waals surface area contributed by atoms with Crippen LogP contribution in [-0.4, -0.2) is 54.5 Å². The highest BCUT2D eigenvalue weighted by atomic mass is 16.7. The maximum absolute atomic E-state index is 10.7. The summed E-state index contributed by atoms with van der Waals surface area (Å²) >= 11 is 0. The van der Waals surface area contributed by atoms with Crippen LogP contribution in [0, 0.1) is 0 Å². The predicted molar refractivity (Wildman–Crippen MR) is 46.7 cm³/mol. The third-order valence-electron chi connectivity index (χ3n) is 2.20. The largest absolute Gasteiger partial charge is 0.385 e. The standard InChI is InChI=1S/C7H10N4O5/c8-4(14)5-9-1-11(10-5)6-2(12)3(13)7(15)16-6/h1-3,6-7,12-13,15H,(H2,8,14)/t2?,3?,6-,7+/m0/s1. The van der Waals surface area contributed by atoms with Crippen molar-refractivity contribution in [3.63, 3.8) is 0 Å². The maximum Gasteiger partial charge on any atom is 0.288 e. The summed E-state index contributed by atoms with van der Waals surface area (Å²) in [5.74, 6) is -1.07. The number of nitrogens with zero attached hydrogens (tertiary/aromatic N) is 3. The van der Waals surface area contributed by atoms with Crippen molar-refractivity contribution in [3.05, 3.63) is 12.2 Å². The fraction of sp³-hybridized carbons (Fsp3) is 0.571. The lowest BCUT2D eigenvalue weighted by atomic mass is 10.2. The first kappa shape index (κ1) is 11.0. The minimum Gasteiger partial charge on any atom is -0.385 e. The molecule has 0 aliphatic carbocycles. The van der Waals surface area contributed by atoms with E-state index in [-0.39, 0.29) is 5.82 Å². The molecule has 1 saturated heterocycles. The van der Waals surface area contributed by atoms with E-state index in [2.05, 4.69) is 10.1 Å². The van der Waals surface area contributed by atoms with Crippen LogP contribution >= 0.6 is 0 Å². The Balaban J connectivity index is 2.21. The van der Waals surface area contributed by atoms with E-state index in [0.29, 0.717) is 0 Å². The van der Waals surface area contributed by atoms with Gasteiger partial charge in [-0.25, -0.2) is 9.67 Å². The van der Waals surface area contributed by atoms with E-state index in [4.69, 9.17) is 15.6 Å². The number of aliphatic hydroxyl groups is 3. The second-order valence-corrected chi connectivity index (χ2v) is 3.31. The lowest BCUT2D eigenvalue weighted by Gasteiger charge is -2.13. The van der Waals surface area contributed by atoms with Gasteiger partial charge < -0.3 is 25.8 Å². The van der Waals surface area contributed by atoms with Crippen molar-refractivity contribution in [1.29, 1.82) is 0 Å². The van der Waals surface area contributed by atoms with Crippen LogP contribution in [0.15, 0.2) is 6.33 Å². The smallest absolute Gasteiger partial charge is 0.288 e. The molecule has 1 aromatic heterocycles. The number of ether oxygens (including phenoxy) is 1. The molecule has 1 aromatic rings. The zero-order chi connectivity index (χ0) is 11.9. The van der Waals surface area contributed by atoms with Gasteiger partial charge in [-0.3, -0.25) is 4.79 Å². The quantitative estimate of drug-likeness (QED) is 0.422. The Morgan fingerprint density at radius 3 is 2.56 bits per heavy atom. The van der Waals surface area contributed by atoms with Crippen molar-refractivity contribution in [3.8, 4) is 0 Å². The van der Waals surface area contributed by atoms with Gasteiger partial charge in [-0.2, -0.15) is 0 Å². The zero-order valence-corrected chi connectivity index (χ0v) is 7.96. The molecule has 4 atom stereocenters. The summed E-state index contributed by atoms with van der Waals surface area (Å²) in [5.41, 5.74) is 4.94. The molecule has 1 aliphatic heterocycles. The van der Waals surface area contributed by atoms with Crippen molar-refractivity contribution in [2.45, 2.75) is 24.7 Å². The fourth-order valence-corrected chi connectivity index (χ4v) is 1.37. The van der Waals surface area contributed by atoms with E-state index >= 15 is 0 Å². The molecule has 1 fully saturated rings. The van der Waals surface area contributed by atoms with E-state index in [1.54, 1.807) is 0 Å². The SMILES string of the molecule is NC(=O)c1ncn([C@H]2O[C@@H](O)C(O)C2O)n1. The Kier molecular flexibility index (Phi) is 2.59. The van der Waals surface area contributed by atoms with Crippen molar-refractivity contribution in [1.82, 2.24) is 14.8 Å². The number of amides is 1. The molecule has 9 heteroatoms. The summed E-state index contributed by atoms with van der Waals surface area (Å²) in [4.78, 5) is 14.3. The number of hydrogen-bond acceptors (Lipinski definition) is 7. The molecule has 0 radical (unpaired) electrons. The van der Waals surface area contributed by atoms with Gasteiger partial charge >= 0.3 is 0 Å². The van der Waals surface area contributed by atoms with Crippen LogP contribution in [0.3, 0.4) is 0 Å². The van der Waals surface area contributed by atoms with Gasteiger partial charge in [-0.15, -0.1) is 5.10 Å². The van der Waals surface area contributed by atoms with Gasteiger partial charge in [0.2, 0.25) is 5.82 Å². The van der Waals surface area contributed by atoms with E-state index in [9.17, 15) is 15.0 Å². The molecular formula is C7H10N4O5. The van der Waals surface area contributed by atoms with E-state index in [0.717, 1.165) is 11.0 Å². The number of primary amides is 1. The normalized spacial score (nSPS) is 34.2. The van der Waals surface area contributed by atoms with Crippen LogP contribution in [0.5, 0.6) is 0 Å². The first-order valence-electron chi connectivity index (χ1n) is 4.41. The van der Waals surface area contributed by atoms with Gasteiger partial charge in [0.25, 0.3) is 5.91 Å². The topological polar surface area (TPSA) is 144 Å². The van der Waals surface area contributed by atoms with E-state index in [1.165, 1.54) is 0 Å². The van der Waals surface area contributed by atoms with Gasteiger partial charge in [0.1, 0.15) is 18.5 Å². The summed E-state index contributed by atoms with van der Waals surface area (Å²) in [7, 11) is 0. The van der Waals surface area contributed by atoms with Crippen molar-refractivity contribution >= 4 is 5.91 Å². The van der Waals surface area contributed by atoms with Crippen molar-refractivity contribution in [2.24, 2.45) is 5.73 Å². The highest BCUT2D eigenvalue weighted by molar-refractivity contribution is 5.88. The first-order chi connectivity index (χ1) is 7.50. The lowest BCUT2D eigenvalue weighted by molar-refractivity contribution is -0.144. The Morgan fingerprint density at radius 2 is 2.12 bits per heavy atom. The monoisotopic (exact) mass is 230 g/mol.